The molecule has 3 aromatic carbocycles. The Balaban J connectivity index is 1.61. The lowest BCUT2D eigenvalue weighted by atomic mass is 9.99. The molecule has 0 radical (unpaired) electrons. The first-order valence-electron chi connectivity index (χ1n) is 9.60. The smallest absolute Gasteiger partial charge is 0.428 e. The fourth-order valence-electron chi connectivity index (χ4n) is 3.63. The van der Waals surface area contributed by atoms with Crippen LogP contribution in [0.1, 0.15) is 16.7 Å². The van der Waals surface area contributed by atoms with E-state index in [-0.39, 0.29) is 11.2 Å². The van der Waals surface area contributed by atoms with Crippen LogP contribution in [0.5, 0.6) is 5.75 Å². The van der Waals surface area contributed by atoms with Crippen molar-refractivity contribution in [1.29, 1.82) is 0 Å². The minimum absolute atomic E-state index is 0.215. The number of ether oxygens (including phenoxy) is 1. The number of nitrogens with zero attached hydrogens (tertiary/aromatic N) is 1. The Morgan fingerprint density at radius 2 is 1.56 bits per heavy atom. The third kappa shape index (κ3) is 4.43. The van der Waals surface area contributed by atoms with Gasteiger partial charge in [0.05, 0.1) is 16.6 Å². The van der Waals surface area contributed by atoms with Crippen molar-refractivity contribution in [3.8, 4) is 17.0 Å². The molecule has 4 nitrogen and oxygen atoms in total. The van der Waals surface area contributed by atoms with Gasteiger partial charge in [-0.2, -0.15) is 4.73 Å². The van der Waals surface area contributed by atoms with Crippen LogP contribution in [0.3, 0.4) is 0 Å². The molecule has 0 fully saturated rings. The van der Waals surface area contributed by atoms with Crippen LogP contribution in [0.4, 0.5) is 13.2 Å². The molecule has 0 amide bonds. The number of hydrogen-bond donors (Lipinski definition) is 1. The second-order valence-corrected chi connectivity index (χ2v) is 7.78. The molecule has 1 heterocycles. The molecule has 0 unspecified atom stereocenters. The van der Waals surface area contributed by atoms with Crippen molar-refractivity contribution in [2.24, 2.45) is 0 Å². The second kappa shape index (κ2) is 8.24. The highest BCUT2D eigenvalue weighted by atomic mass is 35.5. The summed E-state index contributed by atoms with van der Waals surface area (Å²) in [5, 5.41) is 11.5. The predicted octanol–water partition coefficient (Wildman–Crippen LogP) is 6.36. The summed E-state index contributed by atoms with van der Waals surface area (Å²) in [5.41, 5.74) is 3.27. The van der Waals surface area contributed by atoms with Gasteiger partial charge in [-0.1, -0.05) is 48.0 Å². The quantitative estimate of drug-likeness (QED) is 0.361. The predicted molar refractivity (Wildman–Crippen MR) is 117 cm³/mol. The van der Waals surface area contributed by atoms with E-state index in [1.54, 1.807) is 43.3 Å². The van der Waals surface area contributed by atoms with Gasteiger partial charge in [0.1, 0.15) is 5.75 Å². The minimum atomic E-state index is -4.72. The van der Waals surface area contributed by atoms with Crippen LogP contribution in [0.15, 0.2) is 71.5 Å². The Hall–Kier alpha value is -3.45. The zero-order valence-electron chi connectivity index (χ0n) is 16.8. The molecule has 0 atom stereocenters. The van der Waals surface area contributed by atoms with Gasteiger partial charge in [-0.05, 0) is 54.8 Å². The lowest BCUT2D eigenvalue weighted by Crippen LogP contribution is -2.17. The zero-order valence-corrected chi connectivity index (χ0v) is 17.5. The number of pyridine rings is 1. The Kier molecular flexibility index (Phi) is 5.60. The van der Waals surface area contributed by atoms with Gasteiger partial charge < -0.3 is 9.94 Å². The summed E-state index contributed by atoms with van der Waals surface area (Å²) in [5.74, 6) is -0.273. The molecule has 0 saturated carbocycles. The molecule has 8 heteroatoms. The van der Waals surface area contributed by atoms with Crippen molar-refractivity contribution in [1.82, 2.24) is 4.73 Å². The summed E-state index contributed by atoms with van der Waals surface area (Å²) >= 11 is 5.99. The summed E-state index contributed by atoms with van der Waals surface area (Å²) in [6.07, 6.45) is -4.23. The van der Waals surface area contributed by atoms with Crippen molar-refractivity contribution in [3.63, 3.8) is 0 Å². The number of halogens is 4. The summed E-state index contributed by atoms with van der Waals surface area (Å²) in [6.45, 7) is 1.64. The third-order valence-corrected chi connectivity index (χ3v) is 5.37. The first kappa shape index (κ1) is 21.8. The van der Waals surface area contributed by atoms with Crippen molar-refractivity contribution in [3.05, 3.63) is 98.7 Å². The van der Waals surface area contributed by atoms with Gasteiger partial charge in [0.25, 0.3) is 0 Å². The maximum atomic E-state index is 12.8. The second-order valence-electron chi connectivity index (χ2n) is 7.34. The van der Waals surface area contributed by atoms with Gasteiger partial charge in [-0.3, -0.25) is 4.79 Å². The Labute approximate surface area is 186 Å². The molecule has 4 rings (SSSR count). The summed E-state index contributed by atoms with van der Waals surface area (Å²) < 4.78 is 41.7. The average molecular weight is 460 g/mol. The number of alkyl halides is 3. The summed E-state index contributed by atoms with van der Waals surface area (Å²) in [4.78, 5) is 12.8. The Bertz CT molecular complexity index is 1350. The normalized spacial score (nSPS) is 11.7. The van der Waals surface area contributed by atoms with E-state index in [4.69, 9.17) is 11.6 Å². The van der Waals surface area contributed by atoms with Gasteiger partial charge in [0.15, 0.2) is 5.43 Å². The van der Waals surface area contributed by atoms with Crippen LogP contribution < -0.4 is 10.2 Å². The van der Waals surface area contributed by atoms with E-state index in [1.807, 2.05) is 12.1 Å². The highest BCUT2D eigenvalue weighted by molar-refractivity contribution is 6.31. The molecule has 32 heavy (non-hydrogen) atoms. The van der Waals surface area contributed by atoms with E-state index in [0.717, 1.165) is 15.9 Å². The molecule has 1 N–H and O–H groups in total. The standard InChI is InChI=1S/C24H17ClF3NO3/c1-14-22(29(31)21-11-8-18(25)13-20(21)23(14)30)17-6-2-15(3-7-17)12-16-4-9-19(10-5-16)32-24(26,27)28/h2-11,13,31H,12H2,1H3. The van der Waals surface area contributed by atoms with Gasteiger partial charge >= 0.3 is 6.36 Å². The zero-order chi connectivity index (χ0) is 23.0. The third-order valence-electron chi connectivity index (χ3n) is 5.13. The molecule has 0 saturated heterocycles. The number of fused-ring (bicyclic) bond motifs is 1. The fourth-order valence-corrected chi connectivity index (χ4v) is 3.80. The van der Waals surface area contributed by atoms with Crippen LogP contribution in [-0.2, 0) is 6.42 Å². The molecule has 0 aliphatic rings. The fraction of sp³-hybridized carbons (Fsp3) is 0.125. The van der Waals surface area contributed by atoms with Crippen LogP contribution >= 0.6 is 11.6 Å². The number of benzene rings is 3. The van der Waals surface area contributed by atoms with Crippen molar-refractivity contribution in [2.75, 3.05) is 0 Å². The topological polar surface area (TPSA) is 51.5 Å². The van der Waals surface area contributed by atoms with Gasteiger partial charge in [-0.15, -0.1) is 13.2 Å². The molecular formula is C24H17ClF3NO3. The molecule has 0 spiro atoms. The van der Waals surface area contributed by atoms with Gasteiger partial charge in [0, 0.05) is 16.1 Å². The van der Waals surface area contributed by atoms with Crippen molar-refractivity contribution < 1.29 is 23.1 Å². The van der Waals surface area contributed by atoms with Crippen LogP contribution in [0.2, 0.25) is 5.02 Å². The lowest BCUT2D eigenvalue weighted by molar-refractivity contribution is -0.274. The first-order valence-corrected chi connectivity index (χ1v) is 9.98. The molecular weight excluding hydrogens is 443 g/mol. The van der Waals surface area contributed by atoms with Crippen molar-refractivity contribution in [2.45, 2.75) is 19.7 Å². The van der Waals surface area contributed by atoms with E-state index in [0.29, 0.717) is 39.2 Å². The average Bonchev–Trinajstić information content (AvgIpc) is 2.74. The summed E-state index contributed by atoms with van der Waals surface area (Å²) in [7, 11) is 0. The molecule has 164 valence electrons. The van der Waals surface area contributed by atoms with Gasteiger partial charge in [-0.25, -0.2) is 0 Å². The minimum Gasteiger partial charge on any atom is -0.428 e. The van der Waals surface area contributed by atoms with E-state index in [9.17, 15) is 23.2 Å². The molecule has 1 aromatic heterocycles. The Morgan fingerprint density at radius 3 is 2.16 bits per heavy atom. The SMILES string of the molecule is Cc1c(-c2ccc(Cc3ccc(OC(F)(F)F)cc3)cc2)n(O)c2ccc(Cl)cc2c1=O. The maximum absolute atomic E-state index is 12.8. The number of aromatic nitrogens is 1. The van der Waals surface area contributed by atoms with E-state index >= 15 is 0 Å². The van der Waals surface area contributed by atoms with E-state index in [2.05, 4.69) is 4.74 Å². The summed E-state index contributed by atoms with van der Waals surface area (Å²) in [6, 6.07) is 17.6. The number of hydrogen-bond acceptors (Lipinski definition) is 3. The van der Waals surface area contributed by atoms with Crippen LogP contribution in [-0.4, -0.2) is 16.3 Å². The highest BCUT2D eigenvalue weighted by Gasteiger charge is 2.30. The lowest BCUT2D eigenvalue weighted by Gasteiger charge is -2.14. The van der Waals surface area contributed by atoms with Crippen LogP contribution in [0, 0.1) is 6.92 Å². The maximum Gasteiger partial charge on any atom is 0.573 e. The van der Waals surface area contributed by atoms with Gasteiger partial charge in [0.2, 0.25) is 0 Å². The Morgan fingerprint density at radius 1 is 0.969 bits per heavy atom. The highest BCUT2D eigenvalue weighted by Crippen LogP contribution is 2.27. The number of rotatable bonds is 4. The van der Waals surface area contributed by atoms with E-state index < -0.39 is 6.36 Å². The van der Waals surface area contributed by atoms with Crippen LogP contribution in [0.25, 0.3) is 22.2 Å². The molecule has 0 aliphatic carbocycles. The largest absolute Gasteiger partial charge is 0.573 e. The molecule has 4 aromatic rings. The molecule has 0 bridgehead atoms. The van der Waals surface area contributed by atoms with E-state index in [1.165, 1.54) is 18.2 Å². The first-order chi connectivity index (χ1) is 15.1. The van der Waals surface area contributed by atoms with Crippen molar-refractivity contribution >= 4 is 22.5 Å². The monoisotopic (exact) mass is 459 g/mol. The molecule has 0 aliphatic heterocycles.